The van der Waals surface area contributed by atoms with Crippen molar-refractivity contribution < 1.29 is 9.59 Å². The first-order valence-corrected chi connectivity index (χ1v) is 13.1. The smallest absolute Gasteiger partial charge is 0.251 e. The Morgan fingerprint density at radius 3 is 2.31 bits per heavy atom. The van der Waals surface area contributed by atoms with E-state index in [1.54, 1.807) is 12.1 Å². The lowest BCUT2D eigenvalue weighted by Gasteiger charge is -2.22. The number of halogens is 3. The van der Waals surface area contributed by atoms with Crippen molar-refractivity contribution >= 4 is 64.1 Å². The van der Waals surface area contributed by atoms with Crippen LogP contribution in [0, 0.1) is 12.8 Å². The highest BCUT2D eigenvalue weighted by atomic mass is 35.5. The molecule has 2 amide bonds. The number of carbonyl (C=O) groups is 2. The molecule has 1 heterocycles. The van der Waals surface area contributed by atoms with Gasteiger partial charge in [-0.25, -0.2) is 0 Å². The molecule has 2 aromatic carbocycles. The van der Waals surface area contributed by atoms with Crippen molar-refractivity contribution in [3.63, 3.8) is 0 Å². The number of nitrogens with zero attached hydrogens (tertiary/aromatic N) is 3. The predicted octanol–water partition coefficient (Wildman–Crippen LogP) is 6.42. The third kappa shape index (κ3) is 6.91. The molecule has 0 fully saturated rings. The van der Waals surface area contributed by atoms with Crippen LogP contribution >= 0.6 is 46.6 Å². The summed E-state index contributed by atoms with van der Waals surface area (Å²) in [5, 5.41) is 15.9. The number of benzene rings is 2. The zero-order valence-corrected chi connectivity index (χ0v) is 22.8. The van der Waals surface area contributed by atoms with Crippen molar-refractivity contribution in [1.29, 1.82) is 0 Å². The fraction of sp³-hybridized carbons (Fsp3) is 0.333. The molecule has 0 bridgehead atoms. The molecule has 35 heavy (non-hydrogen) atoms. The average Bonchev–Trinajstić information content (AvgIpc) is 3.22. The highest BCUT2D eigenvalue weighted by molar-refractivity contribution is 7.99. The summed E-state index contributed by atoms with van der Waals surface area (Å²) in [5.41, 5.74) is 2.04. The van der Waals surface area contributed by atoms with Gasteiger partial charge in [0, 0.05) is 12.1 Å². The van der Waals surface area contributed by atoms with E-state index in [1.807, 2.05) is 44.4 Å². The number of hydrogen-bond donors (Lipinski definition) is 2. The van der Waals surface area contributed by atoms with Gasteiger partial charge in [0.05, 0.1) is 32.5 Å². The Morgan fingerprint density at radius 1 is 1.03 bits per heavy atom. The van der Waals surface area contributed by atoms with Crippen LogP contribution in [-0.4, -0.2) is 32.3 Å². The molecule has 0 saturated heterocycles. The number of thioether (sulfide) groups is 1. The molecule has 186 valence electrons. The van der Waals surface area contributed by atoms with Crippen molar-refractivity contribution in [1.82, 2.24) is 20.1 Å². The highest BCUT2D eigenvalue weighted by Crippen LogP contribution is 2.32. The van der Waals surface area contributed by atoms with Gasteiger partial charge in [-0.15, -0.1) is 10.2 Å². The Kier molecular flexibility index (Phi) is 9.47. The topological polar surface area (TPSA) is 88.9 Å². The summed E-state index contributed by atoms with van der Waals surface area (Å²) in [6.45, 7) is 8.53. The van der Waals surface area contributed by atoms with E-state index in [-0.39, 0.29) is 29.5 Å². The maximum atomic E-state index is 12.9. The minimum absolute atomic E-state index is 0.0665. The van der Waals surface area contributed by atoms with Crippen LogP contribution in [-0.2, 0) is 11.3 Å². The van der Waals surface area contributed by atoms with Crippen molar-refractivity contribution in [2.24, 2.45) is 5.92 Å². The molecule has 11 heteroatoms. The first-order chi connectivity index (χ1) is 16.6. The van der Waals surface area contributed by atoms with E-state index in [2.05, 4.69) is 20.8 Å². The van der Waals surface area contributed by atoms with Crippen molar-refractivity contribution in [2.75, 3.05) is 11.1 Å². The highest BCUT2D eigenvalue weighted by Gasteiger charge is 2.26. The first-order valence-electron chi connectivity index (χ1n) is 11.0. The molecule has 1 atom stereocenters. The second-order valence-electron chi connectivity index (χ2n) is 8.23. The lowest BCUT2D eigenvalue weighted by atomic mass is 10.0. The molecular weight excluding hydrogens is 529 g/mol. The Labute approximate surface area is 223 Å². The Morgan fingerprint density at radius 2 is 1.69 bits per heavy atom. The number of anilines is 1. The maximum Gasteiger partial charge on any atom is 0.251 e. The third-order valence-electron chi connectivity index (χ3n) is 5.22. The molecule has 0 aliphatic rings. The Balaban J connectivity index is 1.72. The van der Waals surface area contributed by atoms with Gasteiger partial charge in [0.2, 0.25) is 5.91 Å². The average molecular weight is 555 g/mol. The van der Waals surface area contributed by atoms with Crippen LogP contribution in [0.15, 0.2) is 41.6 Å². The molecule has 3 aromatic rings. The van der Waals surface area contributed by atoms with E-state index in [0.717, 1.165) is 5.56 Å². The van der Waals surface area contributed by atoms with Gasteiger partial charge in [0.15, 0.2) is 11.0 Å². The standard InChI is InChI=1S/C24H26Cl3N5O2S/c1-5-32-22(21(13(2)3)29-23(34)15-8-6-14(4)7-9-15)30-31-24(32)35-12-20(33)28-19-11-17(26)16(25)10-18(19)27/h6-11,13,21H,5,12H2,1-4H3,(H,28,33)(H,29,34)/t21-/m1/s1. The van der Waals surface area contributed by atoms with Gasteiger partial charge in [-0.2, -0.15) is 0 Å². The summed E-state index contributed by atoms with van der Waals surface area (Å²) >= 11 is 19.4. The van der Waals surface area contributed by atoms with Crippen LogP contribution in [0.2, 0.25) is 15.1 Å². The summed E-state index contributed by atoms with van der Waals surface area (Å²) in [7, 11) is 0. The summed E-state index contributed by atoms with van der Waals surface area (Å²) in [6, 6.07) is 10.0. The Hall–Kier alpha value is -2.26. The fourth-order valence-electron chi connectivity index (χ4n) is 3.33. The Bertz CT molecular complexity index is 1210. The minimum Gasteiger partial charge on any atom is -0.342 e. The van der Waals surface area contributed by atoms with Gasteiger partial charge in [-0.05, 0) is 44.0 Å². The summed E-state index contributed by atoms with van der Waals surface area (Å²) in [5.74, 6) is 0.323. The molecule has 0 saturated carbocycles. The predicted molar refractivity (Wildman–Crippen MR) is 143 cm³/mol. The second kappa shape index (κ2) is 12.1. The molecule has 0 aliphatic carbocycles. The van der Waals surface area contributed by atoms with Gasteiger partial charge < -0.3 is 15.2 Å². The van der Waals surface area contributed by atoms with E-state index in [9.17, 15) is 9.59 Å². The zero-order valence-electron chi connectivity index (χ0n) is 19.7. The van der Waals surface area contributed by atoms with Crippen LogP contribution in [0.1, 0.15) is 48.6 Å². The molecule has 2 N–H and O–H groups in total. The fourth-order valence-corrected chi connectivity index (χ4v) is 4.73. The monoisotopic (exact) mass is 553 g/mol. The van der Waals surface area contributed by atoms with Crippen LogP contribution < -0.4 is 10.6 Å². The van der Waals surface area contributed by atoms with E-state index in [1.165, 1.54) is 23.9 Å². The number of nitrogens with one attached hydrogen (secondary N) is 2. The van der Waals surface area contributed by atoms with Crippen molar-refractivity contribution in [3.8, 4) is 0 Å². The van der Waals surface area contributed by atoms with E-state index >= 15 is 0 Å². The van der Waals surface area contributed by atoms with Crippen LogP contribution in [0.25, 0.3) is 0 Å². The van der Waals surface area contributed by atoms with Crippen molar-refractivity contribution in [2.45, 2.75) is 45.4 Å². The number of hydrogen-bond acceptors (Lipinski definition) is 5. The first kappa shape index (κ1) is 27.3. The molecular formula is C24H26Cl3N5O2S. The largest absolute Gasteiger partial charge is 0.342 e. The normalized spacial score (nSPS) is 12.0. The maximum absolute atomic E-state index is 12.9. The third-order valence-corrected chi connectivity index (χ3v) is 7.22. The van der Waals surface area contributed by atoms with Crippen molar-refractivity contribution in [3.05, 3.63) is 68.4 Å². The molecule has 0 spiro atoms. The summed E-state index contributed by atoms with van der Waals surface area (Å²) in [6.07, 6.45) is 0. The van der Waals surface area contributed by atoms with Gasteiger partial charge in [0.25, 0.3) is 5.91 Å². The lowest BCUT2D eigenvalue weighted by Crippen LogP contribution is -2.33. The van der Waals surface area contributed by atoms with Crippen LogP contribution in [0.3, 0.4) is 0 Å². The molecule has 1 aromatic heterocycles. The van der Waals surface area contributed by atoms with E-state index < -0.39 is 0 Å². The number of rotatable bonds is 9. The quantitative estimate of drug-likeness (QED) is 0.235. The number of aryl methyl sites for hydroxylation is 1. The SMILES string of the molecule is CCn1c(SCC(=O)Nc2cc(Cl)c(Cl)cc2Cl)nnc1[C@H](NC(=O)c1ccc(C)cc1)C(C)C. The van der Waals surface area contributed by atoms with Gasteiger partial charge in [0.1, 0.15) is 0 Å². The second-order valence-corrected chi connectivity index (χ2v) is 10.4. The number of carbonyl (C=O) groups excluding carboxylic acids is 2. The van der Waals surface area contributed by atoms with E-state index in [4.69, 9.17) is 34.8 Å². The number of aromatic nitrogens is 3. The van der Waals surface area contributed by atoms with Crippen LogP contribution in [0.4, 0.5) is 5.69 Å². The molecule has 0 unspecified atom stereocenters. The zero-order chi connectivity index (χ0) is 25.7. The summed E-state index contributed by atoms with van der Waals surface area (Å²) < 4.78 is 1.91. The van der Waals surface area contributed by atoms with Gasteiger partial charge in [-0.3, -0.25) is 9.59 Å². The molecule has 7 nitrogen and oxygen atoms in total. The molecule has 0 aliphatic heterocycles. The van der Waals surface area contributed by atoms with E-state index in [0.29, 0.717) is 43.8 Å². The molecule has 3 rings (SSSR count). The molecule has 0 radical (unpaired) electrons. The minimum atomic E-state index is -0.352. The van der Waals surface area contributed by atoms with Crippen LogP contribution in [0.5, 0.6) is 0 Å². The van der Waals surface area contributed by atoms with Gasteiger partial charge in [-0.1, -0.05) is 78.1 Å². The summed E-state index contributed by atoms with van der Waals surface area (Å²) in [4.78, 5) is 25.4. The lowest BCUT2D eigenvalue weighted by molar-refractivity contribution is -0.113. The van der Waals surface area contributed by atoms with Gasteiger partial charge >= 0.3 is 0 Å². The number of amides is 2.